The summed E-state index contributed by atoms with van der Waals surface area (Å²) in [5.41, 5.74) is 4.13. The van der Waals surface area contributed by atoms with Gasteiger partial charge < -0.3 is 9.40 Å². The number of benzene rings is 1. The zero-order valence-corrected chi connectivity index (χ0v) is 8.55. The molecule has 0 saturated carbocycles. The predicted molar refractivity (Wildman–Crippen MR) is 61.7 cm³/mol. The van der Waals surface area contributed by atoms with Crippen molar-refractivity contribution in [1.29, 1.82) is 0 Å². The van der Waals surface area contributed by atoms with E-state index in [1.54, 1.807) is 6.26 Å². The molecule has 2 heterocycles. The maximum Gasteiger partial charge on any atom is 0.181 e. The number of hydrogen-bond acceptors (Lipinski definition) is 2. The Kier molecular flexibility index (Phi) is 2.07. The minimum Gasteiger partial charge on any atom is -0.451 e. The SMILES string of the molecule is c1ccc(-c2c[nH]c(-c3cocn3)c2)cc1. The van der Waals surface area contributed by atoms with E-state index >= 15 is 0 Å². The van der Waals surface area contributed by atoms with Crippen LogP contribution in [0.25, 0.3) is 22.5 Å². The first-order valence-corrected chi connectivity index (χ1v) is 5.06. The fourth-order valence-electron chi connectivity index (χ4n) is 1.69. The van der Waals surface area contributed by atoms with Gasteiger partial charge in [0.25, 0.3) is 0 Å². The van der Waals surface area contributed by atoms with Gasteiger partial charge in [-0.2, -0.15) is 0 Å². The van der Waals surface area contributed by atoms with Gasteiger partial charge in [0.2, 0.25) is 0 Å². The molecule has 0 amide bonds. The van der Waals surface area contributed by atoms with Crippen LogP contribution in [0.1, 0.15) is 0 Å². The molecule has 0 aliphatic carbocycles. The first-order valence-electron chi connectivity index (χ1n) is 5.06. The Labute approximate surface area is 92.8 Å². The number of rotatable bonds is 2. The molecule has 78 valence electrons. The van der Waals surface area contributed by atoms with Crippen LogP contribution >= 0.6 is 0 Å². The van der Waals surface area contributed by atoms with Gasteiger partial charge in [-0.05, 0) is 17.2 Å². The second-order valence-corrected chi connectivity index (χ2v) is 3.54. The van der Waals surface area contributed by atoms with Gasteiger partial charge >= 0.3 is 0 Å². The molecule has 0 saturated heterocycles. The highest BCUT2D eigenvalue weighted by atomic mass is 16.3. The molecular weight excluding hydrogens is 200 g/mol. The molecule has 0 unspecified atom stereocenters. The third kappa shape index (κ3) is 1.52. The Balaban J connectivity index is 2.00. The minimum absolute atomic E-state index is 0.821. The number of H-pyrrole nitrogens is 1. The lowest BCUT2D eigenvalue weighted by Gasteiger charge is -1.94. The van der Waals surface area contributed by atoms with E-state index in [1.807, 2.05) is 24.4 Å². The first-order chi connectivity index (χ1) is 7.93. The van der Waals surface area contributed by atoms with E-state index < -0.39 is 0 Å². The number of oxazole rings is 1. The summed E-state index contributed by atoms with van der Waals surface area (Å²) in [5, 5.41) is 0. The molecule has 16 heavy (non-hydrogen) atoms. The summed E-state index contributed by atoms with van der Waals surface area (Å²) < 4.78 is 4.95. The molecule has 1 N–H and O–H groups in total. The third-order valence-corrected chi connectivity index (χ3v) is 2.50. The molecule has 3 rings (SSSR count). The topological polar surface area (TPSA) is 41.8 Å². The molecule has 0 fully saturated rings. The summed E-state index contributed by atoms with van der Waals surface area (Å²) in [6.45, 7) is 0. The number of nitrogens with zero attached hydrogens (tertiary/aromatic N) is 1. The zero-order valence-electron chi connectivity index (χ0n) is 8.55. The third-order valence-electron chi connectivity index (χ3n) is 2.50. The number of aromatic amines is 1. The first kappa shape index (κ1) is 8.97. The van der Waals surface area contributed by atoms with Crippen LogP contribution in [-0.2, 0) is 0 Å². The van der Waals surface area contributed by atoms with Gasteiger partial charge in [-0.25, -0.2) is 4.98 Å². The van der Waals surface area contributed by atoms with Crippen molar-refractivity contribution in [3.05, 3.63) is 55.3 Å². The lowest BCUT2D eigenvalue weighted by Crippen LogP contribution is -1.73. The fourth-order valence-corrected chi connectivity index (χ4v) is 1.69. The van der Waals surface area contributed by atoms with Crippen LogP contribution in [0.4, 0.5) is 0 Å². The molecule has 0 atom stereocenters. The lowest BCUT2D eigenvalue weighted by molar-refractivity contribution is 0.558. The largest absolute Gasteiger partial charge is 0.451 e. The number of nitrogens with one attached hydrogen (secondary N) is 1. The Morgan fingerprint density at radius 1 is 1.06 bits per heavy atom. The molecule has 3 aromatic rings. The van der Waals surface area contributed by atoms with Crippen molar-refractivity contribution < 1.29 is 4.42 Å². The van der Waals surface area contributed by atoms with Crippen molar-refractivity contribution in [2.45, 2.75) is 0 Å². The van der Waals surface area contributed by atoms with E-state index in [-0.39, 0.29) is 0 Å². The Morgan fingerprint density at radius 3 is 2.69 bits per heavy atom. The molecule has 0 aliphatic rings. The second-order valence-electron chi connectivity index (χ2n) is 3.54. The van der Waals surface area contributed by atoms with Crippen molar-refractivity contribution >= 4 is 0 Å². The highest BCUT2D eigenvalue weighted by Gasteiger charge is 2.05. The van der Waals surface area contributed by atoms with Crippen LogP contribution in [0.2, 0.25) is 0 Å². The van der Waals surface area contributed by atoms with Crippen molar-refractivity contribution in [3.8, 4) is 22.5 Å². The van der Waals surface area contributed by atoms with Crippen LogP contribution in [0.3, 0.4) is 0 Å². The van der Waals surface area contributed by atoms with Crippen LogP contribution in [0, 0.1) is 0 Å². The Bertz CT molecular complexity index is 567. The van der Waals surface area contributed by atoms with E-state index in [2.05, 4.69) is 28.2 Å². The molecule has 2 aromatic heterocycles. The van der Waals surface area contributed by atoms with Crippen LogP contribution in [0.5, 0.6) is 0 Å². The maximum absolute atomic E-state index is 4.95. The summed E-state index contributed by atoms with van der Waals surface area (Å²) in [6, 6.07) is 12.3. The van der Waals surface area contributed by atoms with E-state index in [1.165, 1.54) is 12.0 Å². The highest BCUT2D eigenvalue weighted by molar-refractivity contribution is 5.69. The van der Waals surface area contributed by atoms with Gasteiger partial charge in [0, 0.05) is 6.20 Å². The van der Waals surface area contributed by atoms with Crippen LogP contribution in [-0.4, -0.2) is 9.97 Å². The molecule has 1 aromatic carbocycles. The average Bonchev–Trinajstić information content (AvgIpc) is 3.01. The monoisotopic (exact) mass is 210 g/mol. The normalized spacial score (nSPS) is 10.5. The zero-order chi connectivity index (χ0) is 10.8. The number of hydrogen-bond donors (Lipinski definition) is 1. The fraction of sp³-hybridized carbons (Fsp3) is 0. The van der Waals surface area contributed by atoms with E-state index in [0.29, 0.717) is 0 Å². The standard InChI is InChI=1S/C13H10N2O/c1-2-4-10(5-3-1)11-6-12(14-7-11)13-8-16-9-15-13/h1-9,14H. The van der Waals surface area contributed by atoms with E-state index in [9.17, 15) is 0 Å². The molecule has 0 radical (unpaired) electrons. The van der Waals surface area contributed by atoms with Crippen LogP contribution in [0.15, 0.2) is 59.7 Å². The van der Waals surface area contributed by atoms with Gasteiger partial charge in [-0.15, -0.1) is 0 Å². The smallest absolute Gasteiger partial charge is 0.181 e. The predicted octanol–water partition coefficient (Wildman–Crippen LogP) is 3.34. The molecule has 0 spiro atoms. The average molecular weight is 210 g/mol. The molecule has 3 heteroatoms. The second kappa shape index (κ2) is 3.70. The lowest BCUT2D eigenvalue weighted by atomic mass is 10.1. The molecule has 0 bridgehead atoms. The van der Waals surface area contributed by atoms with Crippen molar-refractivity contribution in [2.75, 3.05) is 0 Å². The van der Waals surface area contributed by atoms with Gasteiger partial charge in [-0.1, -0.05) is 30.3 Å². The molecule has 0 aliphatic heterocycles. The molecular formula is C13H10N2O. The van der Waals surface area contributed by atoms with E-state index in [0.717, 1.165) is 17.0 Å². The summed E-state index contributed by atoms with van der Waals surface area (Å²) >= 11 is 0. The van der Waals surface area contributed by atoms with Crippen LogP contribution < -0.4 is 0 Å². The van der Waals surface area contributed by atoms with Gasteiger partial charge in [0.05, 0.1) is 5.69 Å². The van der Waals surface area contributed by atoms with Gasteiger partial charge in [-0.3, -0.25) is 0 Å². The Morgan fingerprint density at radius 2 is 1.94 bits per heavy atom. The summed E-state index contributed by atoms with van der Waals surface area (Å²) in [4.78, 5) is 7.28. The quantitative estimate of drug-likeness (QED) is 0.704. The van der Waals surface area contributed by atoms with Gasteiger partial charge in [0.15, 0.2) is 6.39 Å². The highest BCUT2D eigenvalue weighted by Crippen LogP contribution is 2.24. The summed E-state index contributed by atoms with van der Waals surface area (Å²) in [7, 11) is 0. The number of aromatic nitrogens is 2. The summed E-state index contributed by atoms with van der Waals surface area (Å²) in [6.07, 6.45) is 5.03. The van der Waals surface area contributed by atoms with Crippen molar-refractivity contribution in [2.24, 2.45) is 0 Å². The van der Waals surface area contributed by atoms with Crippen molar-refractivity contribution in [3.63, 3.8) is 0 Å². The minimum atomic E-state index is 0.821. The summed E-state index contributed by atoms with van der Waals surface area (Å²) in [5.74, 6) is 0. The van der Waals surface area contributed by atoms with Crippen molar-refractivity contribution in [1.82, 2.24) is 9.97 Å². The molecule has 3 nitrogen and oxygen atoms in total. The van der Waals surface area contributed by atoms with E-state index in [4.69, 9.17) is 4.42 Å². The van der Waals surface area contributed by atoms with Gasteiger partial charge in [0.1, 0.15) is 12.0 Å². The maximum atomic E-state index is 4.95. The Hall–Kier alpha value is -2.29.